The highest BCUT2D eigenvalue weighted by Crippen LogP contribution is 2.25. The van der Waals surface area contributed by atoms with Crippen molar-refractivity contribution in [2.75, 3.05) is 39.4 Å². The molecule has 2 aliphatic rings. The molecule has 0 aliphatic carbocycles. The van der Waals surface area contributed by atoms with Crippen LogP contribution < -0.4 is 0 Å². The molecule has 1 unspecified atom stereocenters. The third-order valence-electron chi connectivity index (χ3n) is 4.39. The van der Waals surface area contributed by atoms with Crippen LogP contribution in [-0.2, 0) is 14.9 Å². The van der Waals surface area contributed by atoms with Crippen molar-refractivity contribution in [2.45, 2.75) is 45.1 Å². The van der Waals surface area contributed by atoms with Crippen molar-refractivity contribution in [3.05, 3.63) is 0 Å². The van der Waals surface area contributed by atoms with Crippen LogP contribution in [-0.4, -0.2) is 67.1 Å². The van der Waals surface area contributed by atoms with E-state index in [2.05, 4.69) is 0 Å². The fourth-order valence-electron chi connectivity index (χ4n) is 3.17. The largest absolute Gasteiger partial charge is 0.396 e. The van der Waals surface area contributed by atoms with Crippen LogP contribution in [0.5, 0.6) is 0 Å². The van der Waals surface area contributed by atoms with Gasteiger partial charge in [-0.1, -0.05) is 0 Å². The molecule has 0 bridgehead atoms. The van der Waals surface area contributed by atoms with Crippen LogP contribution in [0.15, 0.2) is 0 Å². The molecule has 0 aromatic rings. The summed E-state index contributed by atoms with van der Waals surface area (Å²) in [6, 6.07) is 0. The van der Waals surface area contributed by atoms with Gasteiger partial charge in [-0.25, -0.2) is 0 Å². The number of hydrogen-bond donors (Lipinski definition) is 1. The van der Waals surface area contributed by atoms with E-state index in [1.807, 2.05) is 13.8 Å². The lowest BCUT2D eigenvalue weighted by atomic mass is 9.98. The zero-order valence-electron chi connectivity index (χ0n) is 13.1. The van der Waals surface area contributed by atoms with E-state index in [0.717, 1.165) is 25.7 Å². The monoisotopic (exact) mass is 320 g/mol. The molecule has 1 atom stereocenters. The average molecular weight is 320 g/mol. The molecule has 0 aromatic carbocycles. The molecule has 2 saturated heterocycles. The van der Waals surface area contributed by atoms with Gasteiger partial charge in [0, 0.05) is 32.8 Å². The van der Waals surface area contributed by atoms with Gasteiger partial charge in [-0.15, -0.1) is 0 Å². The van der Waals surface area contributed by atoms with E-state index in [1.165, 1.54) is 0 Å². The van der Waals surface area contributed by atoms with Gasteiger partial charge < -0.3 is 9.84 Å². The number of rotatable bonds is 4. The van der Waals surface area contributed by atoms with E-state index in [9.17, 15) is 8.42 Å². The Kier molecular flexibility index (Phi) is 5.65. The summed E-state index contributed by atoms with van der Waals surface area (Å²) < 4.78 is 34.4. The second kappa shape index (κ2) is 6.91. The number of nitrogens with zero attached hydrogens (tertiary/aromatic N) is 2. The third kappa shape index (κ3) is 4.39. The minimum Gasteiger partial charge on any atom is -0.396 e. The minimum atomic E-state index is -3.39. The highest BCUT2D eigenvalue weighted by atomic mass is 32.2. The quantitative estimate of drug-likeness (QED) is 0.833. The molecular formula is C14H28N2O4S. The smallest absolute Gasteiger partial charge is 0.282 e. The maximum atomic E-state index is 12.8. The normalized spacial score (nSPS) is 29.2. The first-order valence-electron chi connectivity index (χ1n) is 7.85. The third-order valence-corrected chi connectivity index (χ3v) is 6.37. The van der Waals surface area contributed by atoms with Gasteiger partial charge >= 0.3 is 0 Å². The van der Waals surface area contributed by atoms with Crippen LogP contribution >= 0.6 is 0 Å². The molecule has 124 valence electrons. The van der Waals surface area contributed by atoms with Crippen molar-refractivity contribution in [1.29, 1.82) is 0 Å². The SMILES string of the molecule is CC1(C)CN(S(=O)(=O)N2CCCC(CCO)CC2)CCO1. The lowest BCUT2D eigenvalue weighted by molar-refractivity contribution is -0.0652. The Morgan fingerprint density at radius 3 is 2.62 bits per heavy atom. The summed E-state index contributed by atoms with van der Waals surface area (Å²) in [6.45, 7) is 6.48. The highest BCUT2D eigenvalue weighted by Gasteiger charge is 2.37. The molecule has 2 aliphatic heterocycles. The van der Waals surface area contributed by atoms with Gasteiger partial charge in [-0.05, 0) is 45.4 Å². The molecule has 0 radical (unpaired) electrons. The van der Waals surface area contributed by atoms with E-state index in [-0.39, 0.29) is 6.61 Å². The van der Waals surface area contributed by atoms with Crippen molar-refractivity contribution in [3.63, 3.8) is 0 Å². The van der Waals surface area contributed by atoms with Crippen LogP contribution in [0.1, 0.15) is 39.5 Å². The molecule has 6 nitrogen and oxygen atoms in total. The molecule has 0 aromatic heterocycles. The van der Waals surface area contributed by atoms with Crippen molar-refractivity contribution in [3.8, 4) is 0 Å². The highest BCUT2D eigenvalue weighted by molar-refractivity contribution is 7.86. The lowest BCUT2D eigenvalue weighted by Crippen LogP contribution is -2.54. The molecule has 0 amide bonds. The molecular weight excluding hydrogens is 292 g/mol. The fourth-order valence-corrected chi connectivity index (χ4v) is 4.98. The van der Waals surface area contributed by atoms with E-state index < -0.39 is 15.8 Å². The standard InChI is InChI=1S/C14H28N2O4S/c1-14(2)12-16(9-11-20-14)21(18,19)15-7-3-4-13(5-8-15)6-10-17/h13,17H,3-12H2,1-2H3. The van der Waals surface area contributed by atoms with Crippen LogP contribution in [0.3, 0.4) is 0 Å². The summed E-state index contributed by atoms with van der Waals surface area (Å²) in [4.78, 5) is 0. The fraction of sp³-hybridized carbons (Fsp3) is 1.00. The van der Waals surface area contributed by atoms with E-state index in [1.54, 1.807) is 8.61 Å². The van der Waals surface area contributed by atoms with Crippen LogP contribution in [0.4, 0.5) is 0 Å². The van der Waals surface area contributed by atoms with Gasteiger partial charge in [-0.3, -0.25) is 0 Å². The van der Waals surface area contributed by atoms with E-state index in [4.69, 9.17) is 9.84 Å². The Hall–Kier alpha value is -0.210. The molecule has 0 spiro atoms. The lowest BCUT2D eigenvalue weighted by Gasteiger charge is -2.39. The van der Waals surface area contributed by atoms with Crippen molar-refractivity contribution in [1.82, 2.24) is 8.61 Å². The first kappa shape index (κ1) is 17.1. The number of hydrogen-bond acceptors (Lipinski definition) is 4. The first-order chi connectivity index (χ1) is 9.85. The average Bonchev–Trinajstić information content (AvgIpc) is 2.64. The second-order valence-electron chi connectivity index (χ2n) is 6.66. The Labute approximate surface area is 128 Å². The maximum absolute atomic E-state index is 12.8. The predicted molar refractivity (Wildman–Crippen MR) is 81.1 cm³/mol. The summed E-state index contributed by atoms with van der Waals surface area (Å²) >= 11 is 0. The zero-order valence-corrected chi connectivity index (χ0v) is 13.9. The topological polar surface area (TPSA) is 70.1 Å². The van der Waals surface area contributed by atoms with Crippen molar-refractivity contribution >= 4 is 10.2 Å². The Morgan fingerprint density at radius 2 is 1.95 bits per heavy atom. The molecule has 21 heavy (non-hydrogen) atoms. The minimum absolute atomic E-state index is 0.190. The molecule has 2 rings (SSSR count). The molecule has 0 saturated carbocycles. The number of morpholine rings is 1. The van der Waals surface area contributed by atoms with E-state index in [0.29, 0.717) is 38.7 Å². The van der Waals surface area contributed by atoms with Crippen molar-refractivity contribution < 1.29 is 18.3 Å². The number of aliphatic hydroxyl groups is 1. The molecule has 2 fully saturated rings. The predicted octanol–water partition coefficient (Wildman–Crippen LogP) is 0.827. The van der Waals surface area contributed by atoms with Gasteiger partial charge in [0.2, 0.25) is 0 Å². The maximum Gasteiger partial charge on any atom is 0.282 e. The summed E-state index contributed by atoms with van der Waals surface area (Å²) in [5, 5.41) is 9.04. The molecule has 7 heteroatoms. The summed E-state index contributed by atoms with van der Waals surface area (Å²) in [5.41, 5.74) is -0.420. The Bertz CT molecular complexity index is 438. The summed E-state index contributed by atoms with van der Waals surface area (Å²) in [7, 11) is -3.39. The second-order valence-corrected chi connectivity index (χ2v) is 8.59. The van der Waals surface area contributed by atoms with Gasteiger partial charge in [0.25, 0.3) is 10.2 Å². The first-order valence-corrected chi connectivity index (χ1v) is 9.25. The van der Waals surface area contributed by atoms with Crippen LogP contribution in [0, 0.1) is 5.92 Å². The number of ether oxygens (including phenoxy) is 1. The van der Waals surface area contributed by atoms with Gasteiger partial charge in [0.15, 0.2) is 0 Å². The van der Waals surface area contributed by atoms with Crippen molar-refractivity contribution in [2.24, 2.45) is 5.92 Å². The Balaban J connectivity index is 2.02. The number of aliphatic hydroxyl groups excluding tert-OH is 1. The van der Waals surface area contributed by atoms with Gasteiger partial charge in [0.05, 0.1) is 12.2 Å². The zero-order chi connectivity index (χ0) is 15.5. The van der Waals surface area contributed by atoms with Crippen LogP contribution in [0.25, 0.3) is 0 Å². The molecule has 1 N–H and O–H groups in total. The van der Waals surface area contributed by atoms with Crippen LogP contribution in [0.2, 0.25) is 0 Å². The molecule has 2 heterocycles. The van der Waals surface area contributed by atoms with Gasteiger partial charge in [-0.2, -0.15) is 17.0 Å². The Morgan fingerprint density at radius 1 is 1.19 bits per heavy atom. The van der Waals surface area contributed by atoms with Gasteiger partial charge in [0.1, 0.15) is 0 Å². The van der Waals surface area contributed by atoms with E-state index >= 15 is 0 Å². The summed E-state index contributed by atoms with van der Waals surface area (Å²) in [5.74, 6) is 0.441. The summed E-state index contributed by atoms with van der Waals surface area (Å²) in [6.07, 6.45) is 3.49.